The summed E-state index contributed by atoms with van der Waals surface area (Å²) in [6.45, 7) is 11.8. The van der Waals surface area contributed by atoms with Gasteiger partial charge in [0.05, 0.1) is 38.5 Å². The minimum atomic E-state index is -1.20. The summed E-state index contributed by atoms with van der Waals surface area (Å²) >= 11 is 5.53. The van der Waals surface area contributed by atoms with Crippen molar-refractivity contribution >= 4 is 57.9 Å². The van der Waals surface area contributed by atoms with E-state index in [4.69, 9.17) is 30.8 Å². The number of carbonyl (C=O) groups excluding carboxylic acids is 3. The van der Waals surface area contributed by atoms with E-state index in [1.165, 1.54) is 35.2 Å². The Balaban J connectivity index is 1.45. The maximum Gasteiger partial charge on any atom is 0.336 e. The van der Waals surface area contributed by atoms with E-state index < -0.39 is 29.9 Å². The zero-order valence-corrected chi connectivity index (χ0v) is 34.6. The Hall–Kier alpha value is -5.54. The molecule has 1 aliphatic carbocycles. The predicted molar refractivity (Wildman–Crippen MR) is 224 cm³/mol. The molecular weight excluding hydrogens is 767 g/mol. The molecule has 2 aliphatic rings. The molecule has 4 N–H and O–H groups in total. The summed E-state index contributed by atoms with van der Waals surface area (Å²) in [5.41, 5.74) is 1.76. The first-order valence-corrected chi connectivity index (χ1v) is 19.8. The summed E-state index contributed by atoms with van der Waals surface area (Å²) in [5, 5.41) is 27.3. The number of nitrogens with zero attached hydrogens (tertiary/aromatic N) is 1. The van der Waals surface area contributed by atoms with Gasteiger partial charge in [0.25, 0.3) is 0 Å². The van der Waals surface area contributed by atoms with Crippen LogP contribution in [0.15, 0.2) is 63.8 Å². The molecule has 0 amide bonds. The van der Waals surface area contributed by atoms with Crippen molar-refractivity contribution in [2.75, 3.05) is 44.8 Å². The van der Waals surface area contributed by atoms with E-state index >= 15 is 0 Å². The number of hydrogen-bond acceptors (Lipinski definition) is 12. The second-order valence-electron chi connectivity index (χ2n) is 15.4. The lowest BCUT2D eigenvalue weighted by Gasteiger charge is -2.29. The number of fused-ring (bicyclic) bond motifs is 2. The van der Waals surface area contributed by atoms with E-state index in [2.05, 4.69) is 10.6 Å². The third-order valence-corrected chi connectivity index (χ3v) is 8.98. The van der Waals surface area contributed by atoms with Crippen molar-refractivity contribution in [1.29, 1.82) is 0 Å². The van der Waals surface area contributed by atoms with E-state index in [1.54, 1.807) is 24.3 Å². The van der Waals surface area contributed by atoms with Gasteiger partial charge in [0.2, 0.25) is 0 Å². The molecule has 1 atom stereocenters. The van der Waals surface area contributed by atoms with Gasteiger partial charge in [-0.3, -0.25) is 24.1 Å². The molecular formula is C43H53N3O11S. The number of phenolic OH excluding ortho intramolecular Hbond substituents is 1. The van der Waals surface area contributed by atoms with Crippen LogP contribution in [0.3, 0.4) is 0 Å². The average molecular weight is 820 g/mol. The predicted octanol–water partition coefficient (Wildman–Crippen LogP) is 6.69. The Bertz CT molecular complexity index is 2090. The fourth-order valence-electron chi connectivity index (χ4n) is 6.02. The number of benzene rings is 3. The van der Waals surface area contributed by atoms with E-state index in [0.717, 1.165) is 0 Å². The molecule has 4 rings (SSSR count). The number of phenols is 1. The highest BCUT2D eigenvalue weighted by Gasteiger charge is 2.32. The van der Waals surface area contributed by atoms with Crippen LogP contribution in [0.4, 0.5) is 5.69 Å². The molecule has 1 unspecified atom stereocenters. The van der Waals surface area contributed by atoms with Crippen molar-refractivity contribution in [3.63, 3.8) is 0 Å². The molecule has 312 valence electrons. The van der Waals surface area contributed by atoms with Gasteiger partial charge in [-0.05, 0) is 91.2 Å². The third-order valence-electron chi connectivity index (χ3n) is 8.74. The van der Waals surface area contributed by atoms with Crippen LogP contribution in [0.25, 0.3) is 33.4 Å². The van der Waals surface area contributed by atoms with E-state index in [9.17, 15) is 34.2 Å². The molecule has 0 bridgehead atoms. The van der Waals surface area contributed by atoms with Crippen LogP contribution in [0, 0.1) is 17.8 Å². The zero-order chi connectivity index (χ0) is 42.5. The molecule has 58 heavy (non-hydrogen) atoms. The summed E-state index contributed by atoms with van der Waals surface area (Å²) in [7, 11) is 0. The smallest absolute Gasteiger partial charge is 0.336 e. The van der Waals surface area contributed by atoms with Crippen molar-refractivity contribution in [3.05, 3.63) is 70.4 Å². The summed E-state index contributed by atoms with van der Waals surface area (Å²) < 4.78 is 22.3. The Kier molecular flexibility index (Phi) is 16.6. The van der Waals surface area contributed by atoms with Crippen LogP contribution in [-0.2, 0) is 28.6 Å². The molecule has 0 saturated carbocycles. The number of esters is 3. The highest BCUT2D eigenvalue weighted by atomic mass is 32.1. The molecule has 0 saturated heterocycles. The normalized spacial score (nSPS) is 12.0. The van der Waals surface area contributed by atoms with Crippen molar-refractivity contribution in [2.45, 2.75) is 66.8 Å². The van der Waals surface area contributed by atoms with E-state index in [-0.39, 0.29) is 90.3 Å². The van der Waals surface area contributed by atoms with Crippen LogP contribution < -0.4 is 16.1 Å². The van der Waals surface area contributed by atoms with Gasteiger partial charge in [-0.1, -0.05) is 47.6 Å². The summed E-state index contributed by atoms with van der Waals surface area (Å²) in [5.74, 6) is -2.42. The fraction of sp³-hybridized carbons (Fsp3) is 0.442. The number of unbranched alkanes of at least 4 members (excludes halogenated alkanes) is 1. The summed E-state index contributed by atoms with van der Waals surface area (Å²) in [4.78, 5) is 65.3. The first kappa shape index (κ1) is 45.2. The van der Waals surface area contributed by atoms with E-state index in [0.29, 0.717) is 47.2 Å². The van der Waals surface area contributed by atoms with Gasteiger partial charge in [0, 0.05) is 40.9 Å². The molecule has 0 aromatic heterocycles. The standard InChI is InChI=1S/C43H53N3O11S/c1-25(2)22-54-38(49)20-46(21-39(50)55-23-26(3)4)35(42(53)56-24-27(5)6)9-7-8-16-44-43(58)45-28-10-13-31(34(17-28)41(51)52)40-32-14-11-29(47)18-36(32)57-37-19-30(48)12-15-33(37)40/h10-15,17-19,25-27,35,47H,7-9,16,20-24H2,1-6H3,(H,51,52)(H2,44,45,58). The lowest BCUT2D eigenvalue weighted by molar-refractivity contribution is -0.158. The van der Waals surface area contributed by atoms with Gasteiger partial charge in [-0.25, -0.2) is 4.79 Å². The average Bonchev–Trinajstić information content (AvgIpc) is 3.15. The Morgan fingerprint density at radius 2 is 1.41 bits per heavy atom. The van der Waals surface area contributed by atoms with Crippen molar-refractivity contribution in [3.8, 4) is 28.2 Å². The molecule has 0 radical (unpaired) electrons. The molecule has 0 spiro atoms. The monoisotopic (exact) mass is 819 g/mol. The number of aromatic hydroxyl groups is 1. The number of carboxylic acid groups (broad SMARTS) is 1. The Morgan fingerprint density at radius 1 is 0.793 bits per heavy atom. The van der Waals surface area contributed by atoms with Crippen LogP contribution in [0.2, 0.25) is 0 Å². The highest BCUT2D eigenvalue weighted by molar-refractivity contribution is 7.80. The molecule has 1 aliphatic heterocycles. The minimum absolute atomic E-state index is 0.0398. The number of ether oxygens (including phenoxy) is 3. The topological polar surface area (TPSA) is 194 Å². The first-order valence-electron chi connectivity index (χ1n) is 19.4. The SMILES string of the molecule is CC(C)COC(=O)CN(CC(=O)OCC(C)C)C(CCCCNC(=S)Nc1ccc(-c2c3ccc(=O)cc-3oc3cc(O)ccc23)c(C(=O)O)c1)C(=O)OCC(C)C. The molecule has 2 aromatic rings. The quantitative estimate of drug-likeness (QED) is 0.0242. The summed E-state index contributed by atoms with van der Waals surface area (Å²) in [6.07, 6.45) is 1.30. The number of anilines is 1. The molecule has 0 fully saturated rings. The van der Waals surface area contributed by atoms with Crippen LogP contribution >= 0.6 is 12.2 Å². The number of hydrogen-bond donors (Lipinski definition) is 4. The third kappa shape index (κ3) is 13.3. The van der Waals surface area contributed by atoms with Gasteiger partial charge < -0.3 is 39.5 Å². The highest BCUT2D eigenvalue weighted by Crippen LogP contribution is 2.42. The Morgan fingerprint density at radius 3 is 2.03 bits per heavy atom. The molecule has 14 nitrogen and oxygen atoms in total. The van der Waals surface area contributed by atoms with Gasteiger partial charge in [0.1, 0.15) is 23.1 Å². The second kappa shape index (κ2) is 21.3. The summed E-state index contributed by atoms with van der Waals surface area (Å²) in [6, 6.07) is 12.6. The van der Waals surface area contributed by atoms with Crippen molar-refractivity contribution < 1.29 is 48.0 Å². The fourth-order valence-corrected chi connectivity index (χ4v) is 6.24. The molecule has 2 aromatic carbocycles. The lowest BCUT2D eigenvalue weighted by atomic mass is 9.90. The lowest BCUT2D eigenvalue weighted by Crippen LogP contribution is -2.48. The van der Waals surface area contributed by atoms with Crippen molar-refractivity contribution in [1.82, 2.24) is 10.2 Å². The number of thiocarbonyl (C=S) groups is 1. The molecule has 15 heteroatoms. The number of nitrogens with one attached hydrogen (secondary N) is 2. The first-order chi connectivity index (χ1) is 27.5. The van der Waals surface area contributed by atoms with Gasteiger partial charge in [-0.2, -0.15) is 0 Å². The van der Waals surface area contributed by atoms with Crippen LogP contribution in [-0.4, -0.2) is 89.6 Å². The maximum atomic E-state index is 13.4. The van der Waals surface area contributed by atoms with Crippen LogP contribution in [0.1, 0.15) is 71.2 Å². The zero-order valence-electron chi connectivity index (χ0n) is 33.8. The van der Waals surface area contributed by atoms with E-state index in [1.807, 2.05) is 41.5 Å². The number of rotatable bonds is 20. The maximum absolute atomic E-state index is 13.4. The largest absolute Gasteiger partial charge is 0.508 e. The Labute approximate surface area is 343 Å². The van der Waals surface area contributed by atoms with Gasteiger partial charge in [0.15, 0.2) is 10.5 Å². The van der Waals surface area contributed by atoms with Crippen LogP contribution in [0.5, 0.6) is 5.75 Å². The second-order valence-corrected chi connectivity index (χ2v) is 15.8. The van der Waals surface area contributed by atoms with Gasteiger partial charge >= 0.3 is 23.9 Å². The van der Waals surface area contributed by atoms with Gasteiger partial charge in [-0.15, -0.1) is 0 Å². The number of carbonyl (C=O) groups is 4. The van der Waals surface area contributed by atoms with Crippen molar-refractivity contribution in [2.24, 2.45) is 17.8 Å². The number of carboxylic acids is 1. The number of aromatic carboxylic acids is 1. The minimum Gasteiger partial charge on any atom is -0.508 e. The molecule has 1 heterocycles.